The van der Waals surface area contributed by atoms with Crippen molar-refractivity contribution in [2.45, 2.75) is 0 Å². The number of nitrogens with zero attached hydrogens (tertiary/aromatic N) is 1. The number of thiophene rings is 1. The van der Waals surface area contributed by atoms with E-state index in [9.17, 15) is 4.79 Å². The number of nitrogens with two attached hydrogens (primary N) is 1. The zero-order valence-corrected chi connectivity index (χ0v) is 11.4. The Balaban J connectivity index is 2.21. The molecule has 0 aliphatic carbocycles. The van der Waals surface area contributed by atoms with Crippen molar-refractivity contribution in [3.63, 3.8) is 0 Å². The predicted octanol–water partition coefficient (Wildman–Crippen LogP) is 2.66. The molecule has 2 aromatic rings. The average Bonchev–Trinajstić information content (AvgIpc) is 2.91. The van der Waals surface area contributed by atoms with Crippen LogP contribution in [0.4, 0.5) is 5.69 Å². The fourth-order valence-electron chi connectivity index (χ4n) is 1.53. The minimum Gasteiger partial charge on any atom is -0.389 e. The average molecular weight is 276 g/mol. The van der Waals surface area contributed by atoms with E-state index < -0.39 is 0 Å². The Labute approximate surface area is 115 Å². The number of thiocarbonyl (C=S) groups is 1. The van der Waals surface area contributed by atoms with Crippen LogP contribution >= 0.6 is 23.6 Å². The molecule has 0 saturated heterocycles. The van der Waals surface area contributed by atoms with Crippen LogP contribution in [0.25, 0.3) is 0 Å². The number of rotatable bonds is 3. The quantitative estimate of drug-likeness (QED) is 0.877. The van der Waals surface area contributed by atoms with E-state index in [0.29, 0.717) is 4.99 Å². The van der Waals surface area contributed by atoms with Crippen LogP contribution < -0.4 is 10.6 Å². The van der Waals surface area contributed by atoms with E-state index in [1.807, 2.05) is 41.8 Å². The molecule has 1 heterocycles. The van der Waals surface area contributed by atoms with Crippen LogP contribution in [0, 0.1) is 0 Å². The number of amides is 1. The molecule has 0 radical (unpaired) electrons. The first-order chi connectivity index (χ1) is 8.59. The van der Waals surface area contributed by atoms with E-state index in [4.69, 9.17) is 18.0 Å². The molecule has 2 N–H and O–H groups in total. The van der Waals surface area contributed by atoms with Gasteiger partial charge in [0.15, 0.2) is 0 Å². The molecule has 1 aromatic heterocycles. The summed E-state index contributed by atoms with van der Waals surface area (Å²) in [4.78, 5) is 14.8. The van der Waals surface area contributed by atoms with Gasteiger partial charge < -0.3 is 10.6 Å². The lowest BCUT2D eigenvalue weighted by Crippen LogP contribution is -2.25. The smallest absolute Gasteiger partial charge is 0.268 e. The van der Waals surface area contributed by atoms with Crippen molar-refractivity contribution in [1.29, 1.82) is 0 Å². The summed E-state index contributed by atoms with van der Waals surface area (Å²) in [5, 5.41) is 1.89. The lowest BCUT2D eigenvalue weighted by molar-refractivity contribution is 0.0997. The summed E-state index contributed by atoms with van der Waals surface area (Å²) < 4.78 is 0. The zero-order chi connectivity index (χ0) is 13.1. The number of hydrogen-bond donors (Lipinski definition) is 1. The van der Waals surface area contributed by atoms with Crippen molar-refractivity contribution < 1.29 is 4.79 Å². The van der Waals surface area contributed by atoms with E-state index in [1.165, 1.54) is 11.3 Å². The summed E-state index contributed by atoms with van der Waals surface area (Å²) in [7, 11) is 1.75. The minimum absolute atomic E-state index is 0.0203. The van der Waals surface area contributed by atoms with E-state index in [-0.39, 0.29) is 5.91 Å². The molecule has 0 atom stereocenters. The Morgan fingerprint density at radius 1 is 1.28 bits per heavy atom. The van der Waals surface area contributed by atoms with Crippen molar-refractivity contribution in [3.05, 3.63) is 52.2 Å². The fraction of sp³-hybridized carbons (Fsp3) is 0.0769. The Morgan fingerprint density at radius 2 is 1.94 bits per heavy atom. The molecule has 0 unspecified atom stereocenters. The summed E-state index contributed by atoms with van der Waals surface area (Å²) in [5.74, 6) is -0.0203. The number of carbonyl (C=O) groups excluding carboxylic acids is 1. The topological polar surface area (TPSA) is 46.3 Å². The van der Waals surface area contributed by atoms with Crippen molar-refractivity contribution in [2.24, 2.45) is 5.73 Å². The van der Waals surface area contributed by atoms with Crippen LogP contribution in [0.2, 0.25) is 0 Å². The molecule has 0 spiro atoms. The van der Waals surface area contributed by atoms with Crippen molar-refractivity contribution in [2.75, 3.05) is 11.9 Å². The second-order valence-corrected chi connectivity index (χ2v) is 5.14. The highest BCUT2D eigenvalue weighted by atomic mass is 32.1. The second kappa shape index (κ2) is 5.29. The van der Waals surface area contributed by atoms with Gasteiger partial charge in [-0.1, -0.05) is 18.3 Å². The van der Waals surface area contributed by atoms with Gasteiger partial charge in [-0.05, 0) is 35.7 Å². The number of benzene rings is 1. The number of carbonyl (C=O) groups is 1. The van der Waals surface area contributed by atoms with Gasteiger partial charge in [0.25, 0.3) is 5.91 Å². The molecule has 0 aliphatic heterocycles. The SMILES string of the molecule is CN(C(=O)c1cccs1)c1ccc(C(N)=S)cc1. The third-order valence-corrected chi connectivity index (χ3v) is 3.67. The molecule has 0 fully saturated rings. The zero-order valence-electron chi connectivity index (χ0n) is 9.79. The van der Waals surface area contributed by atoms with Crippen molar-refractivity contribution in [3.8, 4) is 0 Å². The van der Waals surface area contributed by atoms with Crippen LogP contribution in [0.5, 0.6) is 0 Å². The highest BCUT2D eigenvalue weighted by Crippen LogP contribution is 2.18. The number of hydrogen-bond acceptors (Lipinski definition) is 3. The second-order valence-electron chi connectivity index (χ2n) is 3.75. The van der Waals surface area contributed by atoms with Gasteiger partial charge in [-0.15, -0.1) is 11.3 Å². The highest BCUT2D eigenvalue weighted by Gasteiger charge is 2.14. The Kier molecular flexibility index (Phi) is 3.74. The fourth-order valence-corrected chi connectivity index (χ4v) is 2.37. The first kappa shape index (κ1) is 12.7. The predicted molar refractivity (Wildman–Crippen MR) is 79.4 cm³/mol. The molecule has 1 amide bonds. The first-order valence-electron chi connectivity index (χ1n) is 5.31. The molecule has 3 nitrogen and oxygen atoms in total. The van der Waals surface area contributed by atoms with Crippen LogP contribution in [0.1, 0.15) is 15.2 Å². The molecule has 0 saturated carbocycles. The van der Waals surface area contributed by atoms with Crippen molar-refractivity contribution in [1.82, 2.24) is 0 Å². The summed E-state index contributed by atoms with van der Waals surface area (Å²) in [6, 6.07) is 11.0. The molecular formula is C13H12N2OS2. The summed E-state index contributed by atoms with van der Waals surface area (Å²) in [5.41, 5.74) is 7.14. The molecule has 1 aromatic carbocycles. The minimum atomic E-state index is -0.0203. The lowest BCUT2D eigenvalue weighted by atomic mass is 10.2. The molecule has 5 heteroatoms. The van der Waals surface area contributed by atoms with Crippen LogP contribution in [0.15, 0.2) is 41.8 Å². The standard InChI is InChI=1S/C13H12N2OS2/c1-15(13(16)11-3-2-8-18-11)10-6-4-9(5-7-10)12(14)17/h2-8H,1H3,(H2,14,17). The van der Waals surface area contributed by atoms with Gasteiger partial charge in [0, 0.05) is 18.3 Å². The Morgan fingerprint density at radius 3 is 2.44 bits per heavy atom. The van der Waals surface area contributed by atoms with Gasteiger partial charge >= 0.3 is 0 Å². The molecule has 0 bridgehead atoms. The normalized spacial score (nSPS) is 10.1. The van der Waals surface area contributed by atoms with Crippen LogP contribution in [-0.2, 0) is 0 Å². The van der Waals surface area contributed by atoms with E-state index in [1.54, 1.807) is 11.9 Å². The lowest BCUT2D eigenvalue weighted by Gasteiger charge is -2.16. The van der Waals surface area contributed by atoms with Gasteiger partial charge in [-0.3, -0.25) is 4.79 Å². The van der Waals surface area contributed by atoms with E-state index >= 15 is 0 Å². The van der Waals surface area contributed by atoms with Gasteiger partial charge in [-0.2, -0.15) is 0 Å². The third kappa shape index (κ3) is 2.57. The van der Waals surface area contributed by atoms with E-state index in [0.717, 1.165) is 16.1 Å². The molecule has 92 valence electrons. The van der Waals surface area contributed by atoms with Gasteiger partial charge in [0.1, 0.15) is 4.99 Å². The summed E-state index contributed by atoms with van der Waals surface area (Å²) in [6.45, 7) is 0. The molecular weight excluding hydrogens is 264 g/mol. The summed E-state index contributed by atoms with van der Waals surface area (Å²) >= 11 is 6.32. The van der Waals surface area contributed by atoms with Gasteiger partial charge in [-0.25, -0.2) is 0 Å². The maximum atomic E-state index is 12.1. The Hall–Kier alpha value is -1.72. The van der Waals surface area contributed by atoms with Gasteiger partial charge in [0.2, 0.25) is 0 Å². The maximum absolute atomic E-state index is 12.1. The molecule has 0 aliphatic rings. The number of anilines is 1. The summed E-state index contributed by atoms with van der Waals surface area (Å²) in [6.07, 6.45) is 0. The molecule has 18 heavy (non-hydrogen) atoms. The Bertz CT molecular complexity index is 561. The monoisotopic (exact) mass is 276 g/mol. The highest BCUT2D eigenvalue weighted by molar-refractivity contribution is 7.80. The van der Waals surface area contributed by atoms with Gasteiger partial charge in [0.05, 0.1) is 4.88 Å². The van der Waals surface area contributed by atoms with Crippen molar-refractivity contribution >= 4 is 40.1 Å². The van der Waals surface area contributed by atoms with E-state index in [2.05, 4.69) is 0 Å². The van der Waals surface area contributed by atoms with Crippen LogP contribution in [-0.4, -0.2) is 17.9 Å². The largest absolute Gasteiger partial charge is 0.389 e. The third-order valence-electron chi connectivity index (χ3n) is 2.58. The maximum Gasteiger partial charge on any atom is 0.268 e. The van der Waals surface area contributed by atoms with Crippen LogP contribution in [0.3, 0.4) is 0 Å². The molecule has 2 rings (SSSR count). The first-order valence-corrected chi connectivity index (χ1v) is 6.60.